The summed E-state index contributed by atoms with van der Waals surface area (Å²) in [5.74, 6) is 0.733. The van der Waals surface area contributed by atoms with E-state index in [0.29, 0.717) is 30.8 Å². The van der Waals surface area contributed by atoms with Gasteiger partial charge in [-0.2, -0.15) is 0 Å². The number of hydrogen-bond acceptors (Lipinski definition) is 6. The molecule has 1 fully saturated rings. The zero-order valence-electron chi connectivity index (χ0n) is 32.9. The van der Waals surface area contributed by atoms with Crippen LogP contribution in [0.3, 0.4) is 0 Å². The van der Waals surface area contributed by atoms with Crippen LogP contribution in [0.5, 0.6) is 5.75 Å². The lowest BCUT2D eigenvalue weighted by Crippen LogP contribution is -2.52. The minimum Gasteiger partial charge on any atom is -0.489 e. The lowest BCUT2D eigenvalue weighted by atomic mass is 9.89. The molecule has 2 amide bonds. The van der Waals surface area contributed by atoms with Crippen LogP contribution in [0.2, 0.25) is 0 Å². The highest BCUT2D eigenvalue weighted by molar-refractivity contribution is 6.08. The normalized spacial score (nSPS) is 16.9. The molecule has 1 aromatic heterocycles. The van der Waals surface area contributed by atoms with E-state index in [0.717, 1.165) is 105 Å². The van der Waals surface area contributed by atoms with Gasteiger partial charge in [-0.1, -0.05) is 61.5 Å². The van der Waals surface area contributed by atoms with Gasteiger partial charge in [0.15, 0.2) is 0 Å². The van der Waals surface area contributed by atoms with Crippen molar-refractivity contribution in [3.8, 4) is 17.0 Å². The molecule has 9 nitrogen and oxygen atoms in total. The van der Waals surface area contributed by atoms with Gasteiger partial charge in [0.25, 0.3) is 11.8 Å². The summed E-state index contributed by atoms with van der Waals surface area (Å²) in [5.41, 5.74) is 10.8. The van der Waals surface area contributed by atoms with Crippen LogP contribution in [0.15, 0.2) is 97.1 Å². The van der Waals surface area contributed by atoms with E-state index in [9.17, 15) is 4.79 Å². The highest BCUT2D eigenvalue weighted by Crippen LogP contribution is 2.35. The van der Waals surface area contributed by atoms with E-state index in [1.54, 1.807) is 0 Å². The number of fused-ring (bicyclic) bond motifs is 2. The number of rotatable bonds is 11. The monoisotopic (exact) mass is 751 g/mol. The summed E-state index contributed by atoms with van der Waals surface area (Å²) in [6.07, 6.45) is 2.51. The molecule has 3 aliphatic rings. The van der Waals surface area contributed by atoms with E-state index >= 15 is 4.79 Å². The number of nitrogens with one attached hydrogen (secondary N) is 1. The molecule has 0 bridgehead atoms. The van der Waals surface area contributed by atoms with Crippen LogP contribution in [0, 0.1) is 6.92 Å². The van der Waals surface area contributed by atoms with Crippen molar-refractivity contribution < 1.29 is 19.1 Å². The second kappa shape index (κ2) is 16.9. The Morgan fingerprint density at radius 2 is 1.62 bits per heavy atom. The van der Waals surface area contributed by atoms with Crippen molar-refractivity contribution in [1.82, 2.24) is 19.7 Å². The first-order valence-corrected chi connectivity index (χ1v) is 20.2. The highest BCUT2D eigenvalue weighted by Gasteiger charge is 2.34. The maximum atomic E-state index is 15.2. The molecule has 0 spiro atoms. The second-order valence-corrected chi connectivity index (χ2v) is 15.4. The molecule has 0 saturated carbocycles. The van der Waals surface area contributed by atoms with Gasteiger partial charge in [-0.3, -0.25) is 14.5 Å². The van der Waals surface area contributed by atoms with E-state index in [4.69, 9.17) is 9.47 Å². The Labute approximate surface area is 330 Å². The first-order valence-electron chi connectivity index (χ1n) is 20.2. The summed E-state index contributed by atoms with van der Waals surface area (Å²) >= 11 is 0. The third-order valence-electron chi connectivity index (χ3n) is 11.8. The highest BCUT2D eigenvalue weighted by atomic mass is 16.5. The van der Waals surface area contributed by atoms with Crippen LogP contribution in [0.4, 0.5) is 5.69 Å². The van der Waals surface area contributed by atoms with Crippen LogP contribution in [0.25, 0.3) is 11.3 Å². The Hall–Kier alpha value is -5.22. The number of hydrogen-bond donors (Lipinski definition) is 1. The fourth-order valence-electron chi connectivity index (χ4n) is 8.50. The van der Waals surface area contributed by atoms with Crippen molar-refractivity contribution in [3.63, 3.8) is 0 Å². The molecule has 290 valence electrons. The fourth-order valence-corrected chi connectivity index (χ4v) is 8.50. The predicted octanol–water partition coefficient (Wildman–Crippen LogP) is 7.18. The van der Waals surface area contributed by atoms with E-state index in [-0.39, 0.29) is 17.9 Å². The third-order valence-corrected chi connectivity index (χ3v) is 11.8. The van der Waals surface area contributed by atoms with Gasteiger partial charge in [-0.15, -0.1) is 0 Å². The van der Waals surface area contributed by atoms with Crippen LogP contribution < -0.4 is 15.0 Å². The number of aromatic nitrogens is 1. The molecular formula is C47H53N5O4. The standard InChI is InChI=1S/C47H53N5O4/c1-4-20-51(39-14-16-41(17-15-39)56-32-34-10-6-5-7-11-34)46(53)42-28-45(49(3)33(42)2)43-26-36-18-19-48-29-38(36)27-44(43)47(54)52-30-37-13-9-8-12-35(37)25-40(52)31-50-21-23-55-24-22-50/h5-17,26-28,40,48H,4,18-25,29-32H2,1-3H3/t40-/m0/s1. The van der Waals surface area contributed by atoms with Gasteiger partial charge in [0, 0.05) is 80.6 Å². The summed E-state index contributed by atoms with van der Waals surface area (Å²) in [6.45, 7) is 11.3. The molecular weight excluding hydrogens is 699 g/mol. The van der Waals surface area contributed by atoms with E-state index in [1.807, 2.05) is 79.5 Å². The van der Waals surface area contributed by atoms with Gasteiger partial charge >= 0.3 is 0 Å². The molecule has 0 aliphatic carbocycles. The molecule has 56 heavy (non-hydrogen) atoms. The Balaban J connectivity index is 1.12. The maximum Gasteiger partial charge on any atom is 0.260 e. The van der Waals surface area contributed by atoms with E-state index in [2.05, 4.69) is 63.0 Å². The average molecular weight is 752 g/mol. The van der Waals surface area contributed by atoms with Crippen molar-refractivity contribution in [3.05, 3.63) is 142 Å². The van der Waals surface area contributed by atoms with Crippen LogP contribution in [-0.2, 0) is 44.3 Å². The zero-order chi connectivity index (χ0) is 38.6. The first-order chi connectivity index (χ1) is 27.4. The Morgan fingerprint density at radius 3 is 2.39 bits per heavy atom. The molecule has 0 unspecified atom stereocenters. The third kappa shape index (κ3) is 7.89. The lowest BCUT2D eigenvalue weighted by molar-refractivity contribution is 0.0193. The summed E-state index contributed by atoms with van der Waals surface area (Å²) < 4.78 is 13.8. The molecule has 1 saturated heterocycles. The Bertz CT molecular complexity index is 2170. The van der Waals surface area contributed by atoms with Gasteiger partial charge in [0.2, 0.25) is 0 Å². The molecule has 3 aliphatic heterocycles. The van der Waals surface area contributed by atoms with Crippen LogP contribution in [0.1, 0.15) is 67.6 Å². The number of amides is 2. The first kappa shape index (κ1) is 37.7. The van der Waals surface area contributed by atoms with Crippen molar-refractivity contribution in [2.24, 2.45) is 7.05 Å². The smallest absolute Gasteiger partial charge is 0.260 e. The zero-order valence-corrected chi connectivity index (χ0v) is 32.9. The minimum atomic E-state index is -0.0580. The number of carbonyl (C=O) groups is 2. The SMILES string of the molecule is CCCN(C(=O)c1cc(-c2cc3c(cc2C(=O)N2Cc4ccccc4C[C@H]2CN2CCOCC2)CNCC3)n(C)c1C)c1ccc(OCc2ccccc2)cc1. The largest absolute Gasteiger partial charge is 0.489 e. The summed E-state index contributed by atoms with van der Waals surface area (Å²) in [7, 11) is 2.01. The number of benzene rings is 4. The van der Waals surface area contributed by atoms with Crippen molar-refractivity contribution >= 4 is 17.5 Å². The van der Waals surface area contributed by atoms with Gasteiger partial charge in [0.1, 0.15) is 12.4 Å². The second-order valence-electron chi connectivity index (χ2n) is 15.4. The van der Waals surface area contributed by atoms with Gasteiger partial charge < -0.3 is 29.2 Å². The molecule has 1 N–H and O–H groups in total. The summed E-state index contributed by atoms with van der Waals surface area (Å²) in [6, 6.07) is 32.8. The molecule has 4 heterocycles. The number of nitrogens with zero attached hydrogens (tertiary/aromatic N) is 4. The van der Waals surface area contributed by atoms with Gasteiger partial charge in [-0.05, 0) is 103 Å². The van der Waals surface area contributed by atoms with Gasteiger partial charge in [0.05, 0.1) is 18.8 Å². The Kier molecular flexibility index (Phi) is 11.4. The number of ether oxygens (including phenoxy) is 2. The lowest BCUT2D eigenvalue weighted by Gasteiger charge is -2.41. The van der Waals surface area contributed by atoms with Crippen molar-refractivity contribution in [2.75, 3.05) is 50.8 Å². The summed E-state index contributed by atoms with van der Waals surface area (Å²) in [4.78, 5) is 36.2. The predicted molar refractivity (Wildman–Crippen MR) is 221 cm³/mol. The Morgan fingerprint density at radius 1 is 0.875 bits per heavy atom. The molecule has 8 rings (SSSR count). The van der Waals surface area contributed by atoms with Gasteiger partial charge in [-0.25, -0.2) is 0 Å². The van der Waals surface area contributed by atoms with Crippen LogP contribution >= 0.6 is 0 Å². The van der Waals surface area contributed by atoms with Crippen molar-refractivity contribution in [1.29, 1.82) is 0 Å². The number of morpholine rings is 1. The average Bonchev–Trinajstić information content (AvgIpc) is 3.54. The molecule has 1 atom stereocenters. The molecule has 0 radical (unpaired) electrons. The van der Waals surface area contributed by atoms with E-state index < -0.39 is 0 Å². The molecule has 4 aromatic carbocycles. The van der Waals surface area contributed by atoms with Crippen molar-refractivity contribution in [2.45, 2.75) is 58.8 Å². The topological polar surface area (TPSA) is 79.3 Å². The van der Waals surface area contributed by atoms with Crippen LogP contribution in [-0.4, -0.2) is 78.2 Å². The summed E-state index contributed by atoms with van der Waals surface area (Å²) in [5, 5.41) is 3.51. The number of anilines is 1. The molecule has 9 heteroatoms. The minimum absolute atomic E-state index is 0.0301. The number of carbonyl (C=O) groups excluding carboxylic acids is 2. The van der Waals surface area contributed by atoms with E-state index in [1.165, 1.54) is 16.7 Å². The maximum absolute atomic E-state index is 15.2. The fraction of sp³-hybridized carbons (Fsp3) is 0.362. The quantitative estimate of drug-likeness (QED) is 0.154. The molecule has 5 aromatic rings.